The maximum absolute atomic E-state index is 2.55. The summed E-state index contributed by atoms with van der Waals surface area (Å²) in [7, 11) is 0. The molecule has 0 bridgehead atoms. The highest BCUT2D eigenvalue weighted by Crippen LogP contribution is 2.60. The first-order valence-corrected chi connectivity index (χ1v) is 20.0. The molecule has 0 saturated carbocycles. The molecule has 0 N–H and O–H groups in total. The van der Waals surface area contributed by atoms with Crippen molar-refractivity contribution in [1.82, 2.24) is 0 Å². The number of hydrogen-bond donors (Lipinski definition) is 0. The lowest BCUT2D eigenvalue weighted by Gasteiger charge is -2.40. The van der Waals surface area contributed by atoms with Crippen molar-refractivity contribution < 1.29 is 0 Å². The van der Waals surface area contributed by atoms with Gasteiger partial charge in [0.2, 0.25) is 0 Å². The Bertz CT molecular complexity index is 2740. The van der Waals surface area contributed by atoms with Gasteiger partial charge < -0.3 is 4.90 Å². The van der Waals surface area contributed by atoms with E-state index >= 15 is 0 Å². The molecule has 0 spiro atoms. The van der Waals surface area contributed by atoms with Gasteiger partial charge in [0.05, 0.1) is 5.69 Å². The summed E-state index contributed by atoms with van der Waals surface area (Å²) < 4.78 is 0. The van der Waals surface area contributed by atoms with Crippen molar-refractivity contribution in [3.8, 4) is 44.5 Å². The van der Waals surface area contributed by atoms with Gasteiger partial charge in [0.1, 0.15) is 0 Å². The van der Waals surface area contributed by atoms with Crippen LogP contribution in [0.3, 0.4) is 0 Å². The lowest BCUT2D eigenvalue weighted by Crippen LogP contribution is -2.33. The van der Waals surface area contributed by atoms with Crippen LogP contribution < -0.4 is 4.90 Å². The summed E-state index contributed by atoms with van der Waals surface area (Å²) in [6.07, 6.45) is 7.13. The molecule has 0 aromatic heterocycles. The number of nitrogens with zero attached hydrogens (tertiary/aromatic N) is 1. The van der Waals surface area contributed by atoms with Crippen molar-refractivity contribution in [2.45, 2.75) is 18.3 Å². The molecule has 272 valence electrons. The molecule has 1 heteroatoms. The Balaban J connectivity index is 1.18. The third kappa shape index (κ3) is 5.95. The van der Waals surface area contributed by atoms with Gasteiger partial charge in [-0.25, -0.2) is 0 Å². The second-order valence-corrected chi connectivity index (χ2v) is 15.4. The van der Waals surface area contributed by atoms with E-state index in [1.807, 2.05) is 0 Å². The van der Waals surface area contributed by atoms with Gasteiger partial charge in [0.25, 0.3) is 0 Å². The number of para-hydroxylation sites is 1. The van der Waals surface area contributed by atoms with E-state index in [1.165, 1.54) is 66.9 Å². The molecule has 57 heavy (non-hydrogen) atoms. The fourth-order valence-electron chi connectivity index (χ4n) is 9.62. The number of benzene rings is 8. The van der Waals surface area contributed by atoms with E-state index in [9.17, 15) is 0 Å². The minimum atomic E-state index is -0.200. The first-order chi connectivity index (χ1) is 28.2. The van der Waals surface area contributed by atoms with Crippen LogP contribution in [0.15, 0.2) is 236 Å². The van der Waals surface area contributed by atoms with Crippen LogP contribution >= 0.6 is 0 Å². The van der Waals surface area contributed by atoms with E-state index in [0.29, 0.717) is 0 Å². The second kappa shape index (κ2) is 14.6. The average molecular weight is 730 g/mol. The van der Waals surface area contributed by atoms with Crippen LogP contribution in [-0.4, -0.2) is 0 Å². The number of anilines is 2. The molecule has 2 aliphatic rings. The van der Waals surface area contributed by atoms with E-state index in [-0.39, 0.29) is 17.3 Å². The van der Waals surface area contributed by atoms with Gasteiger partial charge in [-0.3, -0.25) is 0 Å². The van der Waals surface area contributed by atoms with Crippen LogP contribution in [0.25, 0.3) is 44.5 Å². The summed E-state index contributed by atoms with van der Waals surface area (Å²) in [5, 5.41) is 0. The third-order valence-corrected chi connectivity index (χ3v) is 12.3. The molecule has 0 aliphatic heterocycles. The quantitative estimate of drug-likeness (QED) is 0.151. The van der Waals surface area contributed by atoms with E-state index in [1.54, 1.807) is 0 Å². The Kier molecular flexibility index (Phi) is 8.84. The Morgan fingerprint density at radius 3 is 1.60 bits per heavy atom. The minimum Gasteiger partial charge on any atom is -0.313 e. The Morgan fingerprint density at radius 1 is 0.421 bits per heavy atom. The van der Waals surface area contributed by atoms with Gasteiger partial charge in [-0.05, 0) is 79.9 Å². The first-order valence-electron chi connectivity index (χ1n) is 20.0. The van der Waals surface area contributed by atoms with Crippen molar-refractivity contribution in [1.29, 1.82) is 0 Å². The zero-order valence-corrected chi connectivity index (χ0v) is 32.0. The fourth-order valence-corrected chi connectivity index (χ4v) is 9.62. The standard InChI is InChI=1S/C56H43N/c1-56(43-24-9-4-10-25-43)51-32-17-15-31-50(51)55-52(56)33-19-35-54(55)57(44-38-36-41(37-39-44)40-20-5-2-6-21-40)53-34-18-16-30-49(53)48-29-14-13-28-47(48)46-27-12-11-26-45(46)42-22-7-3-8-23-42/h2-39,52,55H,1H3. The van der Waals surface area contributed by atoms with Crippen molar-refractivity contribution in [3.05, 3.63) is 253 Å². The highest BCUT2D eigenvalue weighted by Gasteiger charge is 2.51. The third-order valence-electron chi connectivity index (χ3n) is 12.3. The van der Waals surface area contributed by atoms with Crippen LogP contribution in [0.1, 0.15) is 29.5 Å². The molecule has 0 heterocycles. The van der Waals surface area contributed by atoms with Gasteiger partial charge in [0, 0.05) is 34.2 Å². The van der Waals surface area contributed by atoms with Crippen LogP contribution in [0.4, 0.5) is 11.4 Å². The van der Waals surface area contributed by atoms with Gasteiger partial charge >= 0.3 is 0 Å². The predicted molar refractivity (Wildman–Crippen MR) is 240 cm³/mol. The Hall–Kier alpha value is -6.96. The zero-order valence-electron chi connectivity index (χ0n) is 32.0. The molecule has 8 aromatic carbocycles. The highest BCUT2D eigenvalue weighted by molar-refractivity contribution is 5.96. The maximum Gasteiger partial charge on any atom is 0.0537 e. The van der Waals surface area contributed by atoms with Crippen LogP contribution in [-0.2, 0) is 5.41 Å². The van der Waals surface area contributed by atoms with Gasteiger partial charge in [-0.2, -0.15) is 0 Å². The number of hydrogen-bond acceptors (Lipinski definition) is 1. The monoisotopic (exact) mass is 729 g/mol. The molecule has 0 fully saturated rings. The second-order valence-electron chi connectivity index (χ2n) is 15.4. The summed E-state index contributed by atoms with van der Waals surface area (Å²) in [6.45, 7) is 2.45. The summed E-state index contributed by atoms with van der Waals surface area (Å²) >= 11 is 0. The molecular weight excluding hydrogens is 687 g/mol. The zero-order chi connectivity index (χ0) is 38.2. The molecular formula is C56H43N. The first kappa shape index (κ1) is 34.5. The topological polar surface area (TPSA) is 3.24 Å². The molecule has 0 saturated heterocycles. The maximum atomic E-state index is 2.55. The SMILES string of the molecule is CC1(c2ccccc2)c2ccccc2C2C(N(c3ccc(-c4ccccc4)cc3)c3ccccc3-c3ccccc3-c3ccccc3-c3ccccc3)=CC=CC21. The molecule has 3 atom stereocenters. The predicted octanol–water partition coefficient (Wildman–Crippen LogP) is 14.7. The molecule has 0 amide bonds. The summed E-state index contributed by atoms with van der Waals surface area (Å²) in [6, 6.07) is 77.6. The highest BCUT2D eigenvalue weighted by atomic mass is 15.2. The number of fused-ring (bicyclic) bond motifs is 3. The van der Waals surface area contributed by atoms with Crippen molar-refractivity contribution >= 4 is 11.4 Å². The van der Waals surface area contributed by atoms with Gasteiger partial charge in [0.15, 0.2) is 0 Å². The molecule has 10 rings (SSSR count). The lowest BCUT2D eigenvalue weighted by atomic mass is 9.68. The average Bonchev–Trinajstić information content (AvgIpc) is 3.57. The van der Waals surface area contributed by atoms with E-state index in [2.05, 4.69) is 242 Å². The van der Waals surface area contributed by atoms with Crippen molar-refractivity contribution in [2.24, 2.45) is 5.92 Å². The Labute approximate surface area is 336 Å². The smallest absolute Gasteiger partial charge is 0.0537 e. The van der Waals surface area contributed by atoms with Crippen LogP contribution in [0.5, 0.6) is 0 Å². The van der Waals surface area contributed by atoms with E-state index < -0.39 is 0 Å². The van der Waals surface area contributed by atoms with Gasteiger partial charge in [-0.15, -0.1) is 0 Å². The summed E-state index contributed by atoms with van der Waals surface area (Å²) in [4.78, 5) is 2.55. The Morgan fingerprint density at radius 2 is 0.912 bits per heavy atom. The number of allylic oxidation sites excluding steroid dienone is 4. The van der Waals surface area contributed by atoms with E-state index in [4.69, 9.17) is 0 Å². The van der Waals surface area contributed by atoms with Gasteiger partial charge in [-0.1, -0.05) is 213 Å². The normalized spacial score (nSPS) is 18.0. The van der Waals surface area contributed by atoms with E-state index in [0.717, 1.165) is 11.4 Å². The van der Waals surface area contributed by atoms with Crippen LogP contribution in [0, 0.1) is 5.92 Å². The largest absolute Gasteiger partial charge is 0.313 e. The van der Waals surface area contributed by atoms with Crippen molar-refractivity contribution in [3.63, 3.8) is 0 Å². The lowest BCUT2D eigenvalue weighted by molar-refractivity contribution is 0.415. The van der Waals surface area contributed by atoms with Crippen molar-refractivity contribution in [2.75, 3.05) is 4.90 Å². The molecule has 8 aromatic rings. The molecule has 1 nitrogen and oxygen atoms in total. The summed E-state index contributed by atoms with van der Waals surface area (Å²) in [5.41, 5.74) is 17.2. The number of rotatable bonds is 8. The molecule has 0 radical (unpaired) electrons. The summed E-state index contributed by atoms with van der Waals surface area (Å²) in [5.74, 6) is 0.355. The molecule has 3 unspecified atom stereocenters. The minimum absolute atomic E-state index is 0.132. The van der Waals surface area contributed by atoms with Crippen LogP contribution in [0.2, 0.25) is 0 Å². The fraction of sp³-hybridized carbons (Fsp3) is 0.0714. The molecule has 2 aliphatic carbocycles.